The van der Waals surface area contributed by atoms with E-state index in [1.54, 1.807) is 6.07 Å². The van der Waals surface area contributed by atoms with Crippen LogP contribution in [0.3, 0.4) is 0 Å². The molecule has 0 fully saturated rings. The summed E-state index contributed by atoms with van der Waals surface area (Å²) in [7, 11) is -3.79. The third-order valence-corrected chi connectivity index (χ3v) is 2.91. The van der Waals surface area contributed by atoms with Gasteiger partial charge in [0, 0.05) is 5.19 Å². The van der Waals surface area contributed by atoms with Gasteiger partial charge in [-0.05, 0) is 12.1 Å². The van der Waals surface area contributed by atoms with Crippen LogP contribution in [-0.4, -0.2) is 40.7 Å². The molecule has 0 atom stereocenters. The molecule has 6 heteroatoms. The van der Waals surface area contributed by atoms with Crippen molar-refractivity contribution < 1.29 is 23.9 Å². The molecule has 0 spiro atoms. The summed E-state index contributed by atoms with van der Waals surface area (Å²) in [5, 5.41) is 0.293. The Morgan fingerprint density at radius 3 is 2.57 bits per heavy atom. The van der Waals surface area contributed by atoms with Gasteiger partial charge in [0.2, 0.25) is 0 Å². The van der Waals surface area contributed by atoms with Crippen LogP contribution in [-0.2, 0) is 0 Å². The molecular formula is C8H10O5Si. The fraction of sp³-hybridized carbons (Fsp3) is 0.250. The zero-order valence-electron chi connectivity index (χ0n) is 10.2. The standard InChI is InChI=1S/C8H10O5Si/c9-14(10,11)6-1-2-7-8(5-6)13-4-3-12-7/h1-2,5,9-11H,3-4H2/i9T,10T,11T. The van der Waals surface area contributed by atoms with Gasteiger partial charge in [-0.1, -0.05) is 6.07 Å². The monoisotopic (exact) mass is 220 g/mol. The molecular weight excluding hydrogens is 204 g/mol. The van der Waals surface area contributed by atoms with Crippen LogP contribution in [0.4, 0.5) is 0 Å². The molecule has 1 aromatic carbocycles. The van der Waals surface area contributed by atoms with Gasteiger partial charge in [-0.2, -0.15) is 0 Å². The van der Waals surface area contributed by atoms with E-state index < -0.39 is 8.80 Å². The molecule has 0 saturated carbocycles. The fourth-order valence-corrected chi connectivity index (χ4v) is 1.83. The molecule has 14 heavy (non-hydrogen) atoms. The number of hydrogen-bond donors (Lipinski definition) is 3. The van der Waals surface area contributed by atoms with Gasteiger partial charge in [0.05, 0.1) is 0 Å². The quantitative estimate of drug-likeness (QED) is 0.543. The summed E-state index contributed by atoms with van der Waals surface area (Å²) in [6.07, 6.45) is 0. The van der Waals surface area contributed by atoms with Gasteiger partial charge in [0.1, 0.15) is 13.2 Å². The van der Waals surface area contributed by atoms with E-state index in [0.29, 0.717) is 29.9 Å². The summed E-state index contributed by atoms with van der Waals surface area (Å²) in [6, 6.07) is 4.62. The Morgan fingerprint density at radius 2 is 1.86 bits per heavy atom. The molecule has 76 valence electrons. The van der Waals surface area contributed by atoms with Crippen LogP contribution in [0.1, 0.15) is 0 Å². The highest BCUT2D eigenvalue weighted by atomic mass is 28.4. The maximum absolute atomic E-state index is 6.89. The summed E-state index contributed by atoms with van der Waals surface area (Å²) >= 11 is 0. The van der Waals surface area contributed by atoms with Crippen LogP contribution in [0, 0.1) is 0 Å². The number of benzene rings is 1. The first kappa shape index (κ1) is 6.41. The van der Waals surface area contributed by atoms with Gasteiger partial charge in [-0.15, -0.1) is 0 Å². The average molecular weight is 220 g/mol. The van der Waals surface area contributed by atoms with Crippen molar-refractivity contribution in [2.24, 2.45) is 0 Å². The van der Waals surface area contributed by atoms with Gasteiger partial charge in [0.25, 0.3) is 0 Å². The molecule has 1 aliphatic heterocycles. The highest BCUT2D eigenvalue weighted by Crippen LogP contribution is 2.28. The van der Waals surface area contributed by atoms with Crippen LogP contribution in [0.5, 0.6) is 11.5 Å². The second-order valence-electron chi connectivity index (χ2n) is 2.91. The van der Waals surface area contributed by atoms with Gasteiger partial charge < -0.3 is 23.9 Å². The SMILES string of the molecule is [3H]O[Si](O[3H])(O[3H])c1ccc2c(c1)OCCO2. The number of fused-ring (bicyclic) bond motifs is 1. The van der Waals surface area contributed by atoms with Gasteiger partial charge in [-0.25, -0.2) is 0 Å². The first-order valence-electron chi connectivity index (χ1n) is 5.31. The topological polar surface area (TPSA) is 79.2 Å². The normalized spacial score (nSPS) is 18.1. The minimum atomic E-state index is -3.79. The van der Waals surface area contributed by atoms with Crippen molar-refractivity contribution in [2.75, 3.05) is 13.2 Å². The lowest BCUT2D eigenvalue weighted by molar-refractivity contribution is 0.171. The lowest BCUT2D eigenvalue weighted by Gasteiger charge is -2.19. The number of ether oxygens (including phenoxy) is 2. The van der Waals surface area contributed by atoms with Crippen molar-refractivity contribution in [1.82, 2.24) is 0 Å². The second-order valence-corrected chi connectivity index (χ2v) is 4.60. The molecule has 1 heterocycles. The summed E-state index contributed by atoms with van der Waals surface area (Å²) in [5.74, 6) is 1.01. The summed E-state index contributed by atoms with van der Waals surface area (Å²) in [6.45, 7) is 0.879. The van der Waals surface area contributed by atoms with E-state index in [1.807, 2.05) is 0 Å². The first-order valence-corrected chi connectivity index (χ1v) is 5.81. The van der Waals surface area contributed by atoms with Crippen LogP contribution in [0.2, 0.25) is 0 Å². The number of hydrogen-bond acceptors (Lipinski definition) is 5. The predicted molar refractivity (Wildman–Crippen MR) is 49.5 cm³/mol. The van der Waals surface area contributed by atoms with Gasteiger partial charge in [-0.3, -0.25) is 0 Å². The van der Waals surface area contributed by atoms with Gasteiger partial charge >= 0.3 is 8.80 Å². The molecule has 1 aromatic rings. The first-order chi connectivity index (χ1) is 8.25. The zero-order valence-corrected chi connectivity index (χ0v) is 8.19. The molecule has 0 aromatic heterocycles. The molecule has 0 amide bonds. The van der Waals surface area contributed by atoms with E-state index in [-0.39, 0.29) is 0 Å². The fourth-order valence-electron chi connectivity index (χ4n) is 1.23. The minimum absolute atomic E-state index is 0.293. The van der Waals surface area contributed by atoms with E-state index in [1.165, 1.54) is 12.1 Å². The Balaban J connectivity index is 2.38. The third kappa shape index (κ3) is 1.73. The van der Waals surface area contributed by atoms with E-state index in [9.17, 15) is 0 Å². The van der Waals surface area contributed by atoms with E-state index in [0.717, 1.165) is 0 Å². The van der Waals surface area contributed by atoms with Crippen molar-refractivity contribution >= 4 is 14.0 Å². The maximum Gasteiger partial charge on any atom is 0.529 e. The lowest BCUT2D eigenvalue weighted by atomic mass is 10.3. The average Bonchev–Trinajstić information content (AvgIpc) is 2.41. The molecule has 1 aliphatic rings. The minimum Gasteiger partial charge on any atom is -0.486 e. The second kappa shape index (κ2) is 3.25. The molecule has 0 unspecified atom stereocenters. The Bertz CT molecular complexity index is 392. The van der Waals surface area contributed by atoms with E-state index in [4.69, 9.17) is 13.8 Å². The molecule has 0 saturated heterocycles. The molecule has 3 N–H and O–H groups in total. The summed E-state index contributed by atoms with van der Waals surface area (Å²) < 4.78 is 31.3. The Morgan fingerprint density at radius 1 is 1.14 bits per heavy atom. The van der Waals surface area contributed by atoms with Crippen molar-refractivity contribution in [3.63, 3.8) is 0 Å². The van der Waals surface area contributed by atoms with Crippen LogP contribution >= 0.6 is 0 Å². The summed E-state index contributed by atoms with van der Waals surface area (Å²) in [4.78, 5) is 12.9. The molecule has 0 bridgehead atoms. The molecule has 5 nitrogen and oxygen atoms in total. The Kier molecular flexibility index (Phi) is 1.49. The highest BCUT2D eigenvalue weighted by Gasteiger charge is 2.31. The maximum atomic E-state index is 6.89. The highest BCUT2D eigenvalue weighted by molar-refractivity contribution is 6.71. The number of rotatable bonds is 4. The van der Waals surface area contributed by atoms with Crippen molar-refractivity contribution in [3.8, 4) is 11.5 Å². The van der Waals surface area contributed by atoms with Crippen molar-refractivity contribution in [1.29, 1.82) is 4.29 Å². The third-order valence-electron chi connectivity index (χ3n) is 1.90. The van der Waals surface area contributed by atoms with E-state index >= 15 is 0 Å². The molecule has 2 rings (SSSR count). The van der Waals surface area contributed by atoms with Crippen LogP contribution in [0.25, 0.3) is 0 Å². The van der Waals surface area contributed by atoms with Crippen LogP contribution < -0.4 is 14.7 Å². The van der Waals surface area contributed by atoms with Gasteiger partial charge in [0.15, 0.2) is 15.8 Å². The van der Waals surface area contributed by atoms with Crippen molar-refractivity contribution in [2.45, 2.75) is 0 Å². The van der Waals surface area contributed by atoms with Crippen LogP contribution in [0.15, 0.2) is 18.2 Å². The van der Waals surface area contributed by atoms with E-state index in [2.05, 4.69) is 14.4 Å². The Hall–Kier alpha value is -1.08. The summed E-state index contributed by atoms with van der Waals surface area (Å²) in [5.41, 5.74) is 0. The van der Waals surface area contributed by atoms with Crippen molar-refractivity contribution in [3.05, 3.63) is 18.2 Å². The zero-order chi connectivity index (χ0) is 12.3. The predicted octanol–water partition coefficient (Wildman–Crippen LogP) is -1.42. The largest absolute Gasteiger partial charge is 0.529 e. The lowest BCUT2D eigenvalue weighted by Crippen LogP contribution is -2.48. The molecule has 0 radical (unpaired) electrons. The Labute approximate surface area is 86.0 Å². The molecule has 0 aliphatic carbocycles. The smallest absolute Gasteiger partial charge is 0.486 e.